The zero-order valence-electron chi connectivity index (χ0n) is 14.3. The smallest absolute Gasteiger partial charge is 0.257 e. The Balaban J connectivity index is 1.47. The van der Waals surface area contributed by atoms with Crippen LogP contribution in [0.25, 0.3) is 0 Å². The van der Waals surface area contributed by atoms with Gasteiger partial charge in [0.05, 0.1) is 10.5 Å². The van der Waals surface area contributed by atoms with E-state index in [4.69, 9.17) is 21.1 Å². The number of para-hydroxylation sites is 1. The molecule has 2 aliphatic heterocycles. The first kappa shape index (κ1) is 18.1. The Hall–Kier alpha value is -2.29. The molecule has 1 amide bonds. The van der Waals surface area contributed by atoms with Gasteiger partial charge in [-0.2, -0.15) is 4.31 Å². The highest BCUT2D eigenvalue weighted by Gasteiger charge is 2.32. The molecule has 2 aromatic rings. The average molecular weight is 409 g/mol. The highest BCUT2D eigenvalue weighted by Crippen LogP contribution is 2.36. The lowest BCUT2D eigenvalue weighted by Crippen LogP contribution is -2.50. The number of carbonyl (C=O) groups excluding carboxylic acids is 1. The Morgan fingerprint density at radius 1 is 0.963 bits per heavy atom. The van der Waals surface area contributed by atoms with Gasteiger partial charge in [-0.05, 0) is 36.4 Å². The van der Waals surface area contributed by atoms with Gasteiger partial charge in [-0.1, -0.05) is 17.7 Å². The molecule has 0 atom stereocenters. The third-order valence-corrected chi connectivity index (χ3v) is 6.77. The number of hydrogen-bond acceptors (Lipinski definition) is 5. The Labute approximate surface area is 162 Å². The second-order valence-electron chi connectivity index (χ2n) is 6.19. The molecule has 0 N–H and O–H groups in total. The lowest BCUT2D eigenvalue weighted by Gasteiger charge is -2.34. The summed E-state index contributed by atoms with van der Waals surface area (Å²) in [7, 11) is -3.61. The Morgan fingerprint density at radius 3 is 2.37 bits per heavy atom. The first-order valence-electron chi connectivity index (χ1n) is 8.40. The second kappa shape index (κ2) is 7.03. The number of hydrogen-bond donors (Lipinski definition) is 0. The van der Waals surface area contributed by atoms with Crippen LogP contribution in [0.3, 0.4) is 0 Å². The van der Waals surface area contributed by atoms with Gasteiger partial charge >= 0.3 is 0 Å². The number of fused-ring (bicyclic) bond motifs is 1. The Bertz CT molecular complexity index is 970. The van der Waals surface area contributed by atoms with Gasteiger partial charge in [-0.3, -0.25) is 4.79 Å². The number of rotatable bonds is 3. The van der Waals surface area contributed by atoms with Crippen LogP contribution >= 0.6 is 11.6 Å². The summed E-state index contributed by atoms with van der Waals surface area (Å²) in [6, 6.07) is 11.2. The van der Waals surface area contributed by atoms with Crippen LogP contribution in [0, 0.1) is 0 Å². The predicted molar refractivity (Wildman–Crippen MR) is 98.7 cm³/mol. The molecule has 0 radical (unpaired) electrons. The molecule has 1 saturated heterocycles. The number of sulfonamides is 1. The van der Waals surface area contributed by atoms with Crippen molar-refractivity contribution < 1.29 is 22.7 Å². The fourth-order valence-corrected chi connectivity index (χ4v) is 4.70. The van der Waals surface area contributed by atoms with Crippen molar-refractivity contribution in [2.75, 3.05) is 33.0 Å². The molecule has 2 aromatic carbocycles. The first-order valence-corrected chi connectivity index (χ1v) is 10.2. The van der Waals surface area contributed by atoms with Crippen molar-refractivity contribution in [3.8, 4) is 11.5 Å². The van der Waals surface area contributed by atoms with Crippen LogP contribution in [-0.2, 0) is 10.0 Å². The molecular formula is C18H17ClN2O5S. The summed E-state index contributed by atoms with van der Waals surface area (Å²) in [6.45, 7) is 1.14. The molecule has 4 rings (SSSR count). The van der Waals surface area contributed by atoms with E-state index in [2.05, 4.69) is 0 Å². The lowest BCUT2D eigenvalue weighted by atomic mass is 10.1. The van der Waals surface area contributed by atoms with Gasteiger partial charge in [-0.25, -0.2) is 8.42 Å². The zero-order chi connectivity index (χ0) is 19.0. The number of halogens is 1. The Kier molecular flexibility index (Phi) is 4.71. The maximum atomic E-state index is 12.8. The molecule has 1 fully saturated rings. The predicted octanol–water partition coefficient (Wildman–Crippen LogP) is 2.22. The van der Waals surface area contributed by atoms with E-state index in [0.717, 1.165) is 0 Å². The molecule has 0 bridgehead atoms. The summed E-state index contributed by atoms with van der Waals surface area (Å²) in [5, 5.41) is 0.478. The van der Waals surface area contributed by atoms with E-state index in [-0.39, 0.29) is 30.7 Å². The normalized spacial score (nSPS) is 17.1. The SMILES string of the molecule is O=C(c1cccc2c1OCO2)N1CCN(S(=O)(=O)c2ccc(Cl)cc2)CC1. The van der Waals surface area contributed by atoms with Gasteiger partial charge in [0.15, 0.2) is 11.5 Å². The standard InChI is InChI=1S/C18H17ClN2O5S/c19-13-4-6-14(7-5-13)27(23,24)21-10-8-20(9-11-21)18(22)15-2-1-3-16-17(15)26-12-25-16/h1-7H,8-12H2. The molecule has 0 unspecified atom stereocenters. The lowest BCUT2D eigenvalue weighted by molar-refractivity contribution is 0.0693. The fraction of sp³-hybridized carbons (Fsp3) is 0.278. The van der Waals surface area contributed by atoms with Crippen LogP contribution in [-0.4, -0.2) is 56.5 Å². The third kappa shape index (κ3) is 3.36. The van der Waals surface area contributed by atoms with Crippen molar-refractivity contribution >= 4 is 27.5 Å². The number of amides is 1. The molecule has 27 heavy (non-hydrogen) atoms. The van der Waals surface area contributed by atoms with Crippen molar-refractivity contribution in [3.05, 3.63) is 53.1 Å². The quantitative estimate of drug-likeness (QED) is 0.778. The van der Waals surface area contributed by atoms with Crippen molar-refractivity contribution in [1.29, 1.82) is 0 Å². The van der Waals surface area contributed by atoms with Crippen LogP contribution < -0.4 is 9.47 Å². The van der Waals surface area contributed by atoms with E-state index < -0.39 is 10.0 Å². The number of piperazine rings is 1. The molecule has 142 valence electrons. The number of benzene rings is 2. The van der Waals surface area contributed by atoms with Crippen molar-refractivity contribution in [3.63, 3.8) is 0 Å². The highest BCUT2D eigenvalue weighted by atomic mass is 35.5. The first-order chi connectivity index (χ1) is 13.0. The van der Waals surface area contributed by atoms with E-state index in [0.29, 0.717) is 35.2 Å². The summed E-state index contributed by atoms with van der Waals surface area (Å²) in [5.41, 5.74) is 0.430. The van der Waals surface area contributed by atoms with Gasteiger partial charge in [-0.15, -0.1) is 0 Å². The molecule has 2 heterocycles. The van der Waals surface area contributed by atoms with Crippen molar-refractivity contribution in [2.45, 2.75) is 4.90 Å². The van der Waals surface area contributed by atoms with Crippen LogP contribution in [0.5, 0.6) is 11.5 Å². The number of ether oxygens (including phenoxy) is 2. The summed E-state index contributed by atoms with van der Waals surface area (Å²) < 4.78 is 37.6. The van der Waals surface area contributed by atoms with E-state index >= 15 is 0 Å². The minimum atomic E-state index is -3.61. The molecule has 0 aliphatic carbocycles. The van der Waals surface area contributed by atoms with Crippen LogP contribution in [0.15, 0.2) is 47.4 Å². The average Bonchev–Trinajstić information content (AvgIpc) is 3.17. The van der Waals surface area contributed by atoms with E-state index in [1.54, 1.807) is 35.2 Å². The third-order valence-electron chi connectivity index (χ3n) is 4.60. The topological polar surface area (TPSA) is 76.2 Å². The Morgan fingerprint density at radius 2 is 1.67 bits per heavy atom. The largest absolute Gasteiger partial charge is 0.454 e. The summed E-state index contributed by atoms with van der Waals surface area (Å²) in [6.07, 6.45) is 0. The van der Waals surface area contributed by atoms with Gasteiger partial charge in [0.25, 0.3) is 5.91 Å². The maximum Gasteiger partial charge on any atom is 0.257 e. The molecule has 0 spiro atoms. The fourth-order valence-electron chi connectivity index (χ4n) is 3.16. The van der Waals surface area contributed by atoms with Crippen LogP contribution in [0.1, 0.15) is 10.4 Å². The molecule has 2 aliphatic rings. The van der Waals surface area contributed by atoms with Gasteiger partial charge in [0, 0.05) is 31.2 Å². The molecule has 0 aromatic heterocycles. The van der Waals surface area contributed by atoms with Gasteiger partial charge in [0.1, 0.15) is 0 Å². The molecule has 9 heteroatoms. The minimum Gasteiger partial charge on any atom is -0.454 e. The van der Waals surface area contributed by atoms with E-state index in [1.807, 2.05) is 0 Å². The van der Waals surface area contributed by atoms with Gasteiger partial charge in [0.2, 0.25) is 16.8 Å². The van der Waals surface area contributed by atoms with Crippen LogP contribution in [0.2, 0.25) is 5.02 Å². The summed E-state index contributed by atoms with van der Waals surface area (Å²) >= 11 is 5.83. The molecular weight excluding hydrogens is 392 g/mol. The molecule has 7 nitrogen and oxygen atoms in total. The van der Waals surface area contributed by atoms with E-state index in [1.165, 1.54) is 16.4 Å². The second-order valence-corrected chi connectivity index (χ2v) is 8.56. The van der Waals surface area contributed by atoms with E-state index in [9.17, 15) is 13.2 Å². The number of nitrogens with zero attached hydrogens (tertiary/aromatic N) is 2. The summed E-state index contributed by atoms with van der Waals surface area (Å²) in [5.74, 6) is 0.796. The molecule has 0 saturated carbocycles. The number of carbonyl (C=O) groups is 1. The highest BCUT2D eigenvalue weighted by molar-refractivity contribution is 7.89. The monoisotopic (exact) mass is 408 g/mol. The maximum absolute atomic E-state index is 12.8. The summed E-state index contributed by atoms with van der Waals surface area (Å²) in [4.78, 5) is 14.7. The van der Waals surface area contributed by atoms with Crippen LogP contribution in [0.4, 0.5) is 0 Å². The van der Waals surface area contributed by atoms with Gasteiger partial charge < -0.3 is 14.4 Å². The zero-order valence-corrected chi connectivity index (χ0v) is 15.9. The minimum absolute atomic E-state index is 0.0900. The van der Waals surface area contributed by atoms with Crippen molar-refractivity contribution in [1.82, 2.24) is 9.21 Å². The van der Waals surface area contributed by atoms with Crippen molar-refractivity contribution in [2.24, 2.45) is 0 Å².